The molecule has 0 aliphatic carbocycles. The van der Waals surface area contributed by atoms with Gasteiger partial charge in [0.05, 0.1) is 13.0 Å². The first kappa shape index (κ1) is 20.0. The molecule has 26 heavy (non-hydrogen) atoms. The van der Waals surface area contributed by atoms with E-state index in [2.05, 4.69) is 0 Å². The van der Waals surface area contributed by atoms with Crippen LogP contribution in [-0.2, 0) is 0 Å². The Hall–Kier alpha value is -2.34. The van der Waals surface area contributed by atoms with Crippen LogP contribution in [0.2, 0.25) is 0 Å². The van der Waals surface area contributed by atoms with E-state index in [1.807, 2.05) is 59.9 Å². The first-order valence-corrected chi connectivity index (χ1v) is 8.42. The first-order valence-electron chi connectivity index (χ1n) is 8.42. The summed E-state index contributed by atoms with van der Waals surface area (Å²) < 4.78 is 11.1. The summed E-state index contributed by atoms with van der Waals surface area (Å²) in [5.74, 6) is 1.10. The van der Waals surface area contributed by atoms with Crippen LogP contribution in [0.15, 0.2) is 65.1 Å². The maximum Gasteiger partial charge on any atom is 0.203 e. The molecule has 0 aliphatic heterocycles. The van der Waals surface area contributed by atoms with Crippen LogP contribution in [0.3, 0.4) is 0 Å². The summed E-state index contributed by atoms with van der Waals surface area (Å²) >= 11 is 0. The molecule has 1 heterocycles. The molecular weight excluding hydrogens is 354 g/mol. The van der Waals surface area contributed by atoms with Crippen LogP contribution in [0, 0.1) is 0 Å². The number of ether oxygens (including phenoxy) is 1. The van der Waals surface area contributed by atoms with Gasteiger partial charge >= 0.3 is 0 Å². The molecule has 0 bridgehead atoms. The van der Waals surface area contributed by atoms with Crippen molar-refractivity contribution in [2.24, 2.45) is 0 Å². The second kappa shape index (κ2) is 9.97. The zero-order valence-corrected chi connectivity index (χ0v) is 15.1. The number of carbonyl (C=O) groups excluding carboxylic acids is 1. The largest absolute Gasteiger partial charge is 1.00 e. The normalized spacial score (nSPS) is 11.7. The van der Waals surface area contributed by atoms with Crippen molar-refractivity contribution in [2.75, 3.05) is 19.7 Å². The number of ketones is 1. The first-order chi connectivity index (χ1) is 12.2. The van der Waals surface area contributed by atoms with Crippen LogP contribution in [0.25, 0.3) is 11.0 Å². The van der Waals surface area contributed by atoms with Gasteiger partial charge in [0.1, 0.15) is 30.6 Å². The van der Waals surface area contributed by atoms with E-state index in [4.69, 9.17) is 9.15 Å². The SMILES string of the molecule is O=C(CC[NH2+]CC(O)COc1ccccc1)c1cc2ccccc2o1.[Cl-]. The molecule has 0 amide bonds. The molecule has 6 heteroatoms. The van der Waals surface area contributed by atoms with Gasteiger partial charge in [-0.25, -0.2) is 0 Å². The number of quaternary nitrogens is 1. The summed E-state index contributed by atoms with van der Waals surface area (Å²) in [5, 5.41) is 12.8. The molecule has 0 radical (unpaired) electrons. The van der Waals surface area contributed by atoms with E-state index in [1.54, 1.807) is 6.07 Å². The van der Waals surface area contributed by atoms with Crippen LogP contribution in [0.5, 0.6) is 5.75 Å². The maximum absolute atomic E-state index is 12.2. The summed E-state index contributed by atoms with van der Waals surface area (Å²) in [4.78, 5) is 12.2. The van der Waals surface area contributed by atoms with Gasteiger partial charge in [0, 0.05) is 5.39 Å². The Morgan fingerprint density at radius 2 is 1.85 bits per heavy atom. The van der Waals surface area contributed by atoms with Gasteiger partial charge in [-0.15, -0.1) is 0 Å². The van der Waals surface area contributed by atoms with E-state index < -0.39 is 6.10 Å². The van der Waals surface area contributed by atoms with Crippen molar-refractivity contribution in [3.05, 3.63) is 66.4 Å². The van der Waals surface area contributed by atoms with Crippen molar-refractivity contribution in [3.63, 3.8) is 0 Å². The van der Waals surface area contributed by atoms with Crippen LogP contribution in [0.1, 0.15) is 17.0 Å². The molecule has 3 N–H and O–H groups in total. The number of para-hydroxylation sites is 2. The average Bonchev–Trinajstić information content (AvgIpc) is 3.08. The number of halogens is 1. The molecule has 0 fully saturated rings. The second-order valence-electron chi connectivity index (χ2n) is 5.91. The van der Waals surface area contributed by atoms with E-state index in [9.17, 15) is 9.90 Å². The molecule has 138 valence electrons. The fraction of sp³-hybridized carbons (Fsp3) is 0.250. The molecule has 5 nitrogen and oxygen atoms in total. The topological polar surface area (TPSA) is 76.3 Å². The molecule has 0 saturated heterocycles. The van der Waals surface area contributed by atoms with Gasteiger partial charge in [-0.05, 0) is 24.3 Å². The number of nitrogens with two attached hydrogens (primary N) is 1. The third-order valence-electron chi connectivity index (χ3n) is 3.90. The highest BCUT2D eigenvalue weighted by atomic mass is 35.5. The minimum atomic E-state index is -0.582. The van der Waals surface area contributed by atoms with E-state index in [-0.39, 0.29) is 24.8 Å². The van der Waals surface area contributed by atoms with Gasteiger partial charge in [-0.2, -0.15) is 0 Å². The lowest BCUT2D eigenvalue weighted by Crippen LogP contribution is -3.00. The molecule has 0 spiro atoms. The minimum absolute atomic E-state index is 0. The van der Waals surface area contributed by atoms with Crippen molar-refractivity contribution >= 4 is 16.8 Å². The van der Waals surface area contributed by atoms with Gasteiger partial charge in [0.25, 0.3) is 0 Å². The Labute approximate surface area is 158 Å². The highest BCUT2D eigenvalue weighted by molar-refractivity contribution is 5.97. The minimum Gasteiger partial charge on any atom is -1.00 e. The lowest BCUT2D eigenvalue weighted by molar-refractivity contribution is -0.659. The molecule has 1 aromatic heterocycles. The number of furan rings is 1. The quantitative estimate of drug-likeness (QED) is 0.372. The molecule has 3 aromatic rings. The van der Waals surface area contributed by atoms with Gasteiger partial charge in [0.2, 0.25) is 5.78 Å². The summed E-state index contributed by atoms with van der Waals surface area (Å²) in [6.45, 7) is 1.32. The third-order valence-corrected chi connectivity index (χ3v) is 3.90. The third kappa shape index (κ3) is 5.59. The van der Waals surface area contributed by atoms with Crippen molar-refractivity contribution in [2.45, 2.75) is 12.5 Å². The summed E-state index contributed by atoms with van der Waals surface area (Å²) in [6.07, 6.45) is -0.215. The van der Waals surface area contributed by atoms with Gasteiger partial charge in [-0.1, -0.05) is 36.4 Å². The Kier molecular flexibility index (Phi) is 7.66. The van der Waals surface area contributed by atoms with Crippen molar-refractivity contribution < 1.29 is 36.8 Å². The number of fused-ring (bicyclic) bond motifs is 1. The standard InChI is InChI=1S/C20H21NO4.ClH/c22-16(14-24-17-7-2-1-3-8-17)13-21-11-10-18(23)20-12-15-6-4-5-9-19(15)25-20;/h1-9,12,16,21-22H,10-11,13-14H2;1H. The van der Waals surface area contributed by atoms with Crippen molar-refractivity contribution in [1.82, 2.24) is 0 Å². The van der Waals surface area contributed by atoms with Gasteiger partial charge in [0.15, 0.2) is 5.76 Å². The van der Waals surface area contributed by atoms with Crippen LogP contribution < -0.4 is 22.5 Å². The second-order valence-corrected chi connectivity index (χ2v) is 5.91. The highest BCUT2D eigenvalue weighted by Gasteiger charge is 2.13. The summed E-state index contributed by atoms with van der Waals surface area (Å²) in [6, 6.07) is 18.7. The number of aliphatic hydroxyl groups excluding tert-OH is 1. The number of Topliss-reactive ketones (excluding diaryl/α,β-unsaturated/α-hetero) is 1. The molecular formula is C20H22ClNO4. The van der Waals surface area contributed by atoms with E-state index in [1.165, 1.54) is 0 Å². The molecule has 2 aromatic carbocycles. The number of carbonyl (C=O) groups is 1. The highest BCUT2D eigenvalue weighted by Crippen LogP contribution is 2.19. The Bertz CT molecular complexity index is 786. The molecule has 1 atom stereocenters. The maximum atomic E-state index is 12.2. The lowest BCUT2D eigenvalue weighted by atomic mass is 10.2. The van der Waals surface area contributed by atoms with Crippen molar-refractivity contribution in [3.8, 4) is 5.75 Å². The fourth-order valence-corrected chi connectivity index (χ4v) is 2.56. The number of hydrogen-bond donors (Lipinski definition) is 2. The molecule has 3 rings (SSSR count). The number of benzene rings is 2. The predicted molar refractivity (Wildman–Crippen MR) is 94.8 cm³/mol. The smallest absolute Gasteiger partial charge is 0.203 e. The van der Waals surface area contributed by atoms with Gasteiger partial charge in [-0.3, -0.25) is 4.79 Å². The number of rotatable bonds is 9. The van der Waals surface area contributed by atoms with Gasteiger partial charge < -0.3 is 32.0 Å². The van der Waals surface area contributed by atoms with E-state index >= 15 is 0 Å². The zero-order valence-electron chi connectivity index (χ0n) is 14.3. The number of aliphatic hydroxyl groups is 1. The van der Waals surface area contributed by atoms with Crippen LogP contribution >= 0.6 is 0 Å². The van der Waals surface area contributed by atoms with E-state index in [0.717, 1.165) is 16.7 Å². The van der Waals surface area contributed by atoms with Crippen molar-refractivity contribution in [1.29, 1.82) is 0 Å². The summed E-state index contributed by atoms with van der Waals surface area (Å²) in [7, 11) is 0. The Morgan fingerprint density at radius 1 is 1.12 bits per heavy atom. The molecule has 0 aliphatic rings. The summed E-state index contributed by atoms with van der Waals surface area (Å²) in [5.41, 5.74) is 0.725. The number of hydrogen-bond acceptors (Lipinski definition) is 4. The monoisotopic (exact) mass is 375 g/mol. The van der Waals surface area contributed by atoms with E-state index in [0.29, 0.717) is 25.3 Å². The van der Waals surface area contributed by atoms with Crippen LogP contribution in [-0.4, -0.2) is 36.7 Å². The fourth-order valence-electron chi connectivity index (χ4n) is 2.56. The zero-order chi connectivity index (χ0) is 17.5. The lowest BCUT2D eigenvalue weighted by Gasteiger charge is -2.11. The Balaban J connectivity index is 0.00000243. The average molecular weight is 376 g/mol. The van der Waals surface area contributed by atoms with Crippen LogP contribution in [0.4, 0.5) is 0 Å². The predicted octanol–water partition coefficient (Wildman–Crippen LogP) is -0.987. The molecule has 1 unspecified atom stereocenters. The Morgan fingerprint density at radius 3 is 2.62 bits per heavy atom. The molecule has 0 saturated carbocycles.